The number of hydrogen-bond donors (Lipinski definition) is 0. The highest BCUT2D eigenvalue weighted by molar-refractivity contribution is 7.98. The molecule has 1 saturated heterocycles. The van der Waals surface area contributed by atoms with Crippen molar-refractivity contribution in [3.63, 3.8) is 0 Å². The summed E-state index contributed by atoms with van der Waals surface area (Å²) in [6.07, 6.45) is 13.7. The molecule has 0 radical (unpaired) electrons. The van der Waals surface area contributed by atoms with E-state index in [1.165, 1.54) is 16.9 Å². The first kappa shape index (κ1) is 18.1. The molecule has 2 heterocycles. The maximum Gasteiger partial charge on any atom is 0.223 e. The summed E-state index contributed by atoms with van der Waals surface area (Å²) in [7, 11) is 0. The van der Waals surface area contributed by atoms with Gasteiger partial charge in [0, 0.05) is 42.8 Å². The minimum Gasteiger partial charge on any atom is -0.340 e. The molecule has 1 aromatic heterocycles. The number of benzene rings is 1. The summed E-state index contributed by atoms with van der Waals surface area (Å²) in [4.78, 5) is 20.3. The van der Waals surface area contributed by atoms with Gasteiger partial charge >= 0.3 is 0 Å². The minimum absolute atomic E-state index is 0.310. The van der Waals surface area contributed by atoms with E-state index in [-0.39, 0.29) is 0 Å². The maximum atomic E-state index is 12.8. The molecule has 4 nitrogen and oxygen atoms in total. The summed E-state index contributed by atoms with van der Waals surface area (Å²) in [5, 5.41) is 0. The van der Waals surface area contributed by atoms with E-state index in [0.717, 1.165) is 38.8 Å². The van der Waals surface area contributed by atoms with E-state index in [0.29, 0.717) is 18.4 Å². The summed E-state index contributed by atoms with van der Waals surface area (Å²) in [6.45, 7) is 1.85. The largest absolute Gasteiger partial charge is 0.340 e. The average molecular weight is 358 g/mol. The molecular weight excluding hydrogens is 330 g/mol. The lowest BCUT2D eigenvalue weighted by Gasteiger charge is -2.36. The first-order chi connectivity index (χ1) is 12.3. The number of rotatable bonds is 7. The van der Waals surface area contributed by atoms with E-state index in [9.17, 15) is 4.79 Å². The van der Waals surface area contributed by atoms with Crippen LogP contribution >= 0.6 is 11.8 Å². The molecule has 1 aliphatic rings. The number of thioether (sulfide) groups is 1. The van der Waals surface area contributed by atoms with E-state index in [1.807, 2.05) is 18.7 Å². The van der Waals surface area contributed by atoms with Gasteiger partial charge in [0.2, 0.25) is 5.91 Å². The van der Waals surface area contributed by atoms with Crippen molar-refractivity contribution in [2.24, 2.45) is 0 Å². The van der Waals surface area contributed by atoms with Crippen LogP contribution in [0.1, 0.15) is 37.7 Å². The number of piperidine rings is 1. The van der Waals surface area contributed by atoms with Gasteiger partial charge in [-0.15, -0.1) is 11.8 Å². The molecule has 1 aliphatic heterocycles. The standard InChI is InChI=1S/C20H27N3OS/c1-25-19-8-5-17(6-9-19)7-10-20(24)23-13-3-2-4-18(23)11-14-22-15-12-21-16-22/h5-6,8-9,12,15-16,18H,2-4,7,10-11,13-14H2,1H3. The van der Waals surface area contributed by atoms with Crippen LogP contribution in [0.2, 0.25) is 0 Å². The molecule has 1 amide bonds. The molecular formula is C20H27N3OS. The predicted octanol–water partition coefficient (Wildman–Crippen LogP) is 4.01. The first-order valence-electron chi connectivity index (χ1n) is 9.14. The third-order valence-electron chi connectivity index (χ3n) is 5.01. The second-order valence-electron chi connectivity index (χ2n) is 6.67. The number of imidazole rings is 1. The van der Waals surface area contributed by atoms with Crippen molar-refractivity contribution in [2.45, 2.75) is 56.0 Å². The topological polar surface area (TPSA) is 38.1 Å². The molecule has 2 aromatic rings. The second-order valence-corrected chi connectivity index (χ2v) is 7.55. The van der Waals surface area contributed by atoms with Crippen LogP contribution in [-0.2, 0) is 17.8 Å². The molecule has 25 heavy (non-hydrogen) atoms. The molecule has 1 unspecified atom stereocenters. The molecule has 0 spiro atoms. The molecule has 0 bridgehead atoms. The Balaban J connectivity index is 1.52. The van der Waals surface area contributed by atoms with Gasteiger partial charge in [-0.2, -0.15) is 0 Å². The Labute approximate surface area is 154 Å². The van der Waals surface area contributed by atoms with Crippen molar-refractivity contribution in [3.8, 4) is 0 Å². The fourth-order valence-corrected chi connectivity index (χ4v) is 3.94. The lowest BCUT2D eigenvalue weighted by atomic mass is 9.98. The van der Waals surface area contributed by atoms with E-state index >= 15 is 0 Å². The van der Waals surface area contributed by atoms with E-state index < -0.39 is 0 Å². The van der Waals surface area contributed by atoms with Gasteiger partial charge in [-0.1, -0.05) is 12.1 Å². The van der Waals surface area contributed by atoms with Crippen molar-refractivity contribution in [1.82, 2.24) is 14.5 Å². The van der Waals surface area contributed by atoms with Crippen LogP contribution in [0.4, 0.5) is 0 Å². The summed E-state index contributed by atoms with van der Waals surface area (Å²) in [5.74, 6) is 0.310. The number of carbonyl (C=O) groups excluding carboxylic acids is 1. The number of likely N-dealkylation sites (tertiary alicyclic amines) is 1. The highest BCUT2D eigenvalue weighted by atomic mass is 32.2. The second kappa shape index (κ2) is 9.09. The zero-order chi connectivity index (χ0) is 17.5. The Bertz CT molecular complexity index is 654. The molecule has 1 atom stereocenters. The molecule has 1 fully saturated rings. The van der Waals surface area contributed by atoms with Gasteiger partial charge in [0.15, 0.2) is 0 Å². The maximum absolute atomic E-state index is 12.8. The highest BCUT2D eigenvalue weighted by Gasteiger charge is 2.26. The molecule has 0 saturated carbocycles. The molecule has 1 aromatic carbocycles. The third kappa shape index (κ3) is 5.11. The summed E-state index contributed by atoms with van der Waals surface area (Å²) in [5.41, 5.74) is 1.25. The summed E-state index contributed by atoms with van der Waals surface area (Å²) in [6, 6.07) is 8.94. The van der Waals surface area contributed by atoms with E-state index in [2.05, 4.69) is 45.0 Å². The summed E-state index contributed by atoms with van der Waals surface area (Å²) < 4.78 is 2.10. The monoisotopic (exact) mass is 357 g/mol. The van der Waals surface area contributed by atoms with Gasteiger partial charge in [-0.3, -0.25) is 4.79 Å². The lowest BCUT2D eigenvalue weighted by Crippen LogP contribution is -2.44. The third-order valence-corrected chi connectivity index (χ3v) is 5.76. The number of carbonyl (C=O) groups is 1. The Morgan fingerprint density at radius 3 is 2.84 bits per heavy atom. The van der Waals surface area contributed by atoms with Crippen LogP contribution in [-0.4, -0.2) is 39.2 Å². The van der Waals surface area contributed by atoms with Crippen LogP contribution < -0.4 is 0 Å². The van der Waals surface area contributed by atoms with Crippen molar-refractivity contribution in [2.75, 3.05) is 12.8 Å². The Morgan fingerprint density at radius 1 is 1.28 bits per heavy atom. The number of amides is 1. The molecule has 5 heteroatoms. The quantitative estimate of drug-likeness (QED) is 0.703. The van der Waals surface area contributed by atoms with Crippen molar-refractivity contribution in [1.29, 1.82) is 0 Å². The Hall–Kier alpha value is -1.75. The average Bonchev–Trinajstić information content (AvgIpc) is 3.18. The Morgan fingerprint density at radius 2 is 2.12 bits per heavy atom. The number of aromatic nitrogens is 2. The smallest absolute Gasteiger partial charge is 0.223 e. The fraction of sp³-hybridized carbons (Fsp3) is 0.500. The first-order valence-corrected chi connectivity index (χ1v) is 10.4. The number of nitrogens with zero attached hydrogens (tertiary/aromatic N) is 3. The van der Waals surface area contributed by atoms with Crippen LogP contribution in [0.15, 0.2) is 47.9 Å². The number of hydrogen-bond acceptors (Lipinski definition) is 3. The molecule has 0 N–H and O–H groups in total. The minimum atomic E-state index is 0.310. The van der Waals surface area contributed by atoms with Crippen LogP contribution in [0, 0.1) is 0 Å². The van der Waals surface area contributed by atoms with E-state index in [1.54, 1.807) is 11.8 Å². The molecule has 3 rings (SSSR count). The van der Waals surface area contributed by atoms with Gasteiger partial charge in [-0.25, -0.2) is 4.98 Å². The van der Waals surface area contributed by atoms with Gasteiger partial charge in [0.25, 0.3) is 0 Å². The summed E-state index contributed by atoms with van der Waals surface area (Å²) >= 11 is 1.75. The van der Waals surface area contributed by atoms with Crippen molar-refractivity contribution in [3.05, 3.63) is 48.5 Å². The van der Waals surface area contributed by atoms with E-state index in [4.69, 9.17) is 0 Å². The zero-order valence-electron chi connectivity index (χ0n) is 14.9. The van der Waals surface area contributed by atoms with Crippen LogP contribution in [0.5, 0.6) is 0 Å². The SMILES string of the molecule is CSc1ccc(CCC(=O)N2CCCCC2CCn2ccnc2)cc1. The molecule has 0 aliphatic carbocycles. The molecule has 134 valence electrons. The predicted molar refractivity (Wildman–Crippen MR) is 103 cm³/mol. The lowest BCUT2D eigenvalue weighted by molar-refractivity contribution is -0.135. The van der Waals surface area contributed by atoms with Crippen LogP contribution in [0.3, 0.4) is 0 Å². The van der Waals surface area contributed by atoms with Gasteiger partial charge in [0.1, 0.15) is 0 Å². The van der Waals surface area contributed by atoms with Gasteiger partial charge in [-0.05, 0) is 56.1 Å². The Kier molecular flexibility index (Phi) is 6.56. The van der Waals surface area contributed by atoms with Gasteiger partial charge in [0.05, 0.1) is 6.33 Å². The fourth-order valence-electron chi connectivity index (χ4n) is 3.53. The van der Waals surface area contributed by atoms with Gasteiger partial charge < -0.3 is 9.47 Å². The van der Waals surface area contributed by atoms with Crippen molar-refractivity contribution >= 4 is 17.7 Å². The normalized spacial score (nSPS) is 17.6. The highest BCUT2D eigenvalue weighted by Crippen LogP contribution is 2.22. The van der Waals surface area contributed by atoms with Crippen molar-refractivity contribution < 1.29 is 4.79 Å². The number of aryl methyl sites for hydroxylation is 2. The van der Waals surface area contributed by atoms with Crippen LogP contribution in [0.25, 0.3) is 0 Å². The zero-order valence-corrected chi connectivity index (χ0v) is 15.8.